The van der Waals surface area contributed by atoms with E-state index >= 15 is 0 Å². The number of amides is 1. The van der Waals surface area contributed by atoms with Crippen molar-refractivity contribution in [1.29, 1.82) is 0 Å². The summed E-state index contributed by atoms with van der Waals surface area (Å²) in [5.74, 6) is -2.10. The molecule has 0 atom stereocenters. The molecule has 5 nitrogen and oxygen atoms in total. The molecular weight excluding hydrogens is 282 g/mol. The van der Waals surface area contributed by atoms with Gasteiger partial charge in [-0.05, 0) is 29.8 Å². The molecule has 0 aromatic heterocycles. The van der Waals surface area contributed by atoms with E-state index in [9.17, 15) is 14.4 Å². The third-order valence-corrected chi connectivity index (χ3v) is 3.36. The zero-order valence-electron chi connectivity index (χ0n) is 11.4. The average molecular weight is 293 g/mol. The van der Waals surface area contributed by atoms with Crippen LogP contribution in [0.2, 0.25) is 0 Å². The van der Waals surface area contributed by atoms with Gasteiger partial charge in [-0.15, -0.1) is 0 Å². The predicted octanol–water partition coefficient (Wildman–Crippen LogP) is 2.60. The number of carboxylic acid groups (broad SMARTS) is 1. The summed E-state index contributed by atoms with van der Waals surface area (Å²) in [4.78, 5) is 35.6. The Morgan fingerprint density at radius 1 is 1.05 bits per heavy atom. The Balaban J connectivity index is 2.08. The third-order valence-electron chi connectivity index (χ3n) is 3.36. The Kier molecular flexibility index (Phi) is 3.31. The minimum atomic E-state index is -1.12. The molecule has 1 aliphatic rings. The lowest BCUT2D eigenvalue weighted by atomic mass is 9.94. The molecule has 0 spiro atoms. The van der Waals surface area contributed by atoms with Crippen molar-refractivity contribution in [2.75, 3.05) is 5.32 Å². The van der Waals surface area contributed by atoms with Gasteiger partial charge in [-0.1, -0.05) is 30.3 Å². The summed E-state index contributed by atoms with van der Waals surface area (Å²) >= 11 is 0. The maximum absolute atomic E-state index is 12.5. The van der Waals surface area contributed by atoms with Crippen LogP contribution in [0.4, 0.5) is 5.69 Å². The second-order valence-corrected chi connectivity index (χ2v) is 4.82. The molecule has 3 rings (SSSR count). The molecule has 0 radical (unpaired) electrons. The van der Waals surface area contributed by atoms with Gasteiger partial charge in [0.2, 0.25) is 5.78 Å². The van der Waals surface area contributed by atoms with Gasteiger partial charge >= 0.3 is 5.97 Å². The van der Waals surface area contributed by atoms with E-state index in [4.69, 9.17) is 5.11 Å². The highest BCUT2D eigenvalue weighted by Crippen LogP contribution is 2.27. The maximum atomic E-state index is 12.5. The predicted molar refractivity (Wildman–Crippen MR) is 80.8 cm³/mol. The number of benzene rings is 2. The number of anilines is 1. The molecule has 1 amide bonds. The first kappa shape index (κ1) is 13.8. The minimum absolute atomic E-state index is 0.00214. The summed E-state index contributed by atoms with van der Waals surface area (Å²) in [7, 11) is 0. The van der Waals surface area contributed by atoms with Crippen LogP contribution < -0.4 is 5.32 Å². The monoisotopic (exact) mass is 293 g/mol. The van der Waals surface area contributed by atoms with E-state index in [0.29, 0.717) is 5.69 Å². The van der Waals surface area contributed by atoms with Crippen LogP contribution in [0.5, 0.6) is 0 Å². The number of carbonyl (C=O) groups excluding carboxylic acids is 2. The van der Waals surface area contributed by atoms with E-state index < -0.39 is 17.7 Å². The van der Waals surface area contributed by atoms with Gasteiger partial charge < -0.3 is 10.4 Å². The van der Waals surface area contributed by atoms with Crippen molar-refractivity contribution in [3.05, 3.63) is 70.8 Å². The lowest BCUT2D eigenvalue weighted by molar-refractivity contribution is -0.112. The lowest BCUT2D eigenvalue weighted by Gasteiger charge is -2.18. The van der Waals surface area contributed by atoms with Crippen LogP contribution in [0.25, 0.3) is 6.08 Å². The van der Waals surface area contributed by atoms with Crippen molar-refractivity contribution >= 4 is 29.4 Å². The van der Waals surface area contributed by atoms with Crippen LogP contribution >= 0.6 is 0 Å². The summed E-state index contributed by atoms with van der Waals surface area (Å²) in [6, 6.07) is 13.0. The molecule has 2 N–H and O–H groups in total. The topological polar surface area (TPSA) is 83.5 Å². The number of rotatable bonds is 2. The average Bonchev–Trinajstić information content (AvgIpc) is 2.52. The highest BCUT2D eigenvalue weighted by atomic mass is 16.4. The number of aromatic carboxylic acids is 1. The van der Waals surface area contributed by atoms with Crippen LogP contribution in [-0.4, -0.2) is 22.8 Å². The standard InChI is InChI=1S/C17H11NO4/c19-15-12-9-11(17(21)22)6-7-14(12)18-16(20)13(15)8-10-4-2-1-3-5-10/h1-9H,(H,18,20)(H,21,22)/b13-8-. The maximum Gasteiger partial charge on any atom is 0.335 e. The van der Waals surface area contributed by atoms with E-state index in [1.807, 2.05) is 6.07 Å². The second-order valence-electron chi connectivity index (χ2n) is 4.82. The number of Topliss-reactive ketones (excluding diaryl/α,β-unsaturated/α-hetero) is 1. The van der Waals surface area contributed by atoms with E-state index in [-0.39, 0.29) is 16.7 Å². The molecule has 1 aliphatic heterocycles. The minimum Gasteiger partial charge on any atom is -0.478 e. The summed E-state index contributed by atoms with van der Waals surface area (Å²) in [5, 5.41) is 11.6. The van der Waals surface area contributed by atoms with Gasteiger partial charge in [-0.2, -0.15) is 0 Å². The highest BCUT2D eigenvalue weighted by Gasteiger charge is 2.29. The van der Waals surface area contributed by atoms with Gasteiger partial charge in [0, 0.05) is 5.56 Å². The second kappa shape index (κ2) is 5.29. The normalized spacial score (nSPS) is 15.4. The van der Waals surface area contributed by atoms with Crippen molar-refractivity contribution in [2.45, 2.75) is 0 Å². The molecule has 0 saturated heterocycles. The summed E-state index contributed by atoms with van der Waals surface area (Å²) < 4.78 is 0. The Morgan fingerprint density at radius 2 is 1.77 bits per heavy atom. The lowest BCUT2D eigenvalue weighted by Crippen LogP contribution is -2.27. The number of fused-ring (bicyclic) bond motifs is 1. The van der Waals surface area contributed by atoms with Gasteiger partial charge in [0.05, 0.1) is 16.8 Å². The van der Waals surface area contributed by atoms with Crippen LogP contribution in [0.15, 0.2) is 54.1 Å². The molecule has 0 fully saturated rings. The largest absolute Gasteiger partial charge is 0.478 e. The van der Waals surface area contributed by atoms with Gasteiger partial charge in [0.1, 0.15) is 0 Å². The number of nitrogens with one attached hydrogen (secondary N) is 1. The van der Waals surface area contributed by atoms with Crippen molar-refractivity contribution < 1.29 is 19.5 Å². The fraction of sp³-hybridized carbons (Fsp3) is 0. The van der Waals surface area contributed by atoms with Crippen molar-refractivity contribution in [3.8, 4) is 0 Å². The first-order chi connectivity index (χ1) is 10.6. The van der Waals surface area contributed by atoms with Crippen LogP contribution in [0, 0.1) is 0 Å². The SMILES string of the molecule is O=C1Nc2ccc(C(=O)O)cc2C(=O)/C1=C/c1ccccc1. The molecule has 2 aromatic rings. The van der Waals surface area contributed by atoms with Crippen molar-refractivity contribution in [3.63, 3.8) is 0 Å². The molecule has 5 heteroatoms. The number of ketones is 1. The Labute approximate surface area is 125 Å². The molecule has 108 valence electrons. The zero-order chi connectivity index (χ0) is 15.7. The first-order valence-electron chi connectivity index (χ1n) is 6.56. The Hall–Kier alpha value is -3.21. The molecule has 22 heavy (non-hydrogen) atoms. The summed E-state index contributed by atoms with van der Waals surface area (Å²) in [6.07, 6.45) is 1.49. The van der Waals surface area contributed by atoms with Crippen LogP contribution in [0.3, 0.4) is 0 Å². The quantitative estimate of drug-likeness (QED) is 0.658. The molecule has 1 heterocycles. The molecule has 0 unspecified atom stereocenters. The fourth-order valence-corrected chi connectivity index (χ4v) is 2.26. The Morgan fingerprint density at radius 3 is 2.45 bits per heavy atom. The molecule has 0 saturated carbocycles. The van der Waals surface area contributed by atoms with E-state index in [1.165, 1.54) is 24.3 Å². The van der Waals surface area contributed by atoms with E-state index in [1.54, 1.807) is 24.3 Å². The van der Waals surface area contributed by atoms with Gasteiger partial charge in [0.15, 0.2) is 0 Å². The van der Waals surface area contributed by atoms with Gasteiger partial charge in [-0.3, -0.25) is 9.59 Å². The highest BCUT2D eigenvalue weighted by molar-refractivity contribution is 6.36. The van der Waals surface area contributed by atoms with Gasteiger partial charge in [-0.25, -0.2) is 4.79 Å². The number of hydrogen-bond donors (Lipinski definition) is 2. The number of carbonyl (C=O) groups is 3. The summed E-state index contributed by atoms with van der Waals surface area (Å²) in [5.41, 5.74) is 1.22. The van der Waals surface area contributed by atoms with Crippen molar-refractivity contribution in [1.82, 2.24) is 0 Å². The third kappa shape index (κ3) is 2.40. The molecule has 0 aliphatic carbocycles. The van der Waals surface area contributed by atoms with Crippen molar-refractivity contribution in [2.24, 2.45) is 0 Å². The molecular formula is C17H11NO4. The molecule has 2 aromatic carbocycles. The Bertz CT molecular complexity index is 822. The van der Waals surface area contributed by atoms with Crippen LogP contribution in [0.1, 0.15) is 26.3 Å². The first-order valence-corrected chi connectivity index (χ1v) is 6.56. The van der Waals surface area contributed by atoms with Crippen LogP contribution in [-0.2, 0) is 4.79 Å². The summed E-state index contributed by atoms with van der Waals surface area (Å²) in [6.45, 7) is 0. The molecule has 0 bridgehead atoms. The zero-order valence-corrected chi connectivity index (χ0v) is 11.4. The number of hydrogen-bond acceptors (Lipinski definition) is 3. The fourth-order valence-electron chi connectivity index (χ4n) is 2.26. The van der Waals surface area contributed by atoms with E-state index in [2.05, 4.69) is 5.32 Å². The van der Waals surface area contributed by atoms with E-state index in [0.717, 1.165) is 5.56 Å². The number of carboxylic acids is 1. The smallest absolute Gasteiger partial charge is 0.335 e. The van der Waals surface area contributed by atoms with Gasteiger partial charge in [0.25, 0.3) is 5.91 Å².